The summed E-state index contributed by atoms with van der Waals surface area (Å²) in [6, 6.07) is 3.86. The fourth-order valence-corrected chi connectivity index (χ4v) is 3.16. The van der Waals surface area contributed by atoms with E-state index in [9.17, 15) is 12.8 Å². The van der Waals surface area contributed by atoms with Gasteiger partial charge in [-0.05, 0) is 37.6 Å². The van der Waals surface area contributed by atoms with Gasteiger partial charge in [0.15, 0.2) is 0 Å². The summed E-state index contributed by atoms with van der Waals surface area (Å²) in [5.41, 5.74) is 6.64. The maximum absolute atomic E-state index is 13.6. The molecule has 0 fully saturated rings. The number of nitrogens with zero attached hydrogens (tertiary/aromatic N) is 1. The molecule has 20 heavy (non-hydrogen) atoms. The van der Waals surface area contributed by atoms with Gasteiger partial charge in [0.25, 0.3) is 10.0 Å². The van der Waals surface area contributed by atoms with Crippen molar-refractivity contribution in [2.75, 3.05) is 10.5 Å². The Labute approximate surface area is 116 Å². The minimum atomic E-state index is -3.91. The lowest BCUT2D eigenvalue weighted by atomic mass is 10.2. The van der Waals surface area contributed by atoms with Crippen molar-refractivity contribution in [2.24, 2.45) is 0 Å². The van der Waals surface area contributed by atoms with Crippen LogP contribution < -0.4 is 10.5 Å². The van der Waals surface area contributed by atoms with Crippen LogP contribution in [0.15, 0.2) is 35.5 Å². The summed E-state index contributed by atoms with van der Waals surface area (Å²) in [4.78, 5) is 3.70. The van der Waals surface area contributed by atoms with Crippen LogP contribution in [0.25, 0.3) is 0 Å². The van der Waals surface area contributed by atoms with Crippen LogP contribution >= 0.6 is 0 Å². The Morgan fingerprint density at radius 1 is 1.30 bits per heavy atom. The number of benzene rings is 1. The Morgan fingerprint density at radius 3 is 2.65 bits per heavy atom. The lowest BCUT2D eigenvalue weighted by Crippen LogP contribution is -2.16. The number of hydrogen-bond donors (Lipinski definition) is 2. The number of nitrogen functional groups attached to an aromatic ring is 1. The molecule has 0 amide bonds. The third-order valence-electron chi connectivity index (χ3n) is 2.87. The molecule has 5 nitrogen and oxygen atoms in total. The van der Waals surface area contributed by atoms with Gasteiger partial charge in [-0.15, -0.1) is 0 Å². The smallest absolute Gasteiger partial charge is 0.262 e. The van der Waals surface area contributed by atoms with Crippen LogP contribution in [0.1, 0.15) is 11.1 Å². The molecule has 2 aromatic rings. The number of sulfonamides is 1. The van der Waals surface area contributed by atoms with Crippen LogP contribution in [0.4, 0.5) is 15.8 Å². The average molecular weight is 295 g/mol. The van der Waals surface area contributed by atoms with Crippen molar-refractivity contribution in [1.82, 2.24) is 4.98 Å². The Kier molecular flexibility index (Phi) is 3.63. The topological polar surface area (TPSA) is 85.1 Å². The Hall–Kier alpha value is -2.15. The quantitative estimate of drug-likeness (QED) is 0.850. The first-order chi connectivity index (χ1) is 9.31. The molecule has 0 radical (unpaired) electrons. The van der Waals surface area contributed by atoms with E-state index in [1.165, 1.54) is 31.5 Å². The van der Waals surface area contributed by atoms with E-state index < -0.39 is 15.8 Å². The van der Waals surface area contributed by atoms with Crippen LogP contribution in [0.3, 0.4) is 0 Å². The van der Waals surface area contributed by atoms with Crippen molar-refractivity contribution in [1.29, 1.82) is 0 Å². The molecule has 3 N–H and O–H groups in total. The molecule has 106 valence electrons. The average Bonchev–Trinajstić information content (AvgIpc) is 2.36. The van der Waals surface area contributed by atoms with Crippen LogP contribution in [-0.4, -0.2) is 13.4 Å². The summed E-state index contributed by atoms with van der Waals surface area (Å²) in [7, 11) is -3.91. The van der Waals surface area contributed by atoms with Gasteiger partial charge < -0.3 is 5.73 Å². The Bertz CT molecular complexity index is 760. The predicted octanol–water partition coefficient (Wildman–Crippen LogP) is 2.22. The van der Waals surface area contributed by atoms with Crippen molar-refractivity contribution in [3.63, 3.8) is 0 Å². The molecule has 0 aliphatic heterocycles. The second-order valence-corrected chi connectivity index (χ2v) is 6.07. The molecular weight excluding hydrogens is 281 g/mol. The third-order valence-corrected chi connectivity index (χ3v) is 4.36. The van der Waals surface area contributed by atoms with E-state index >= 15 is 0 Å². The number of aromatic nitrogens is 1. The van der Waals surface area contributed by atoms with E-state index in [0.29, 0.717) is 11.3 Å². The van der Waals surface area contributed by atoms with E-state index in [0.717, 1.165) is 6.07 Å². The molecule has 1 heterocycles. The lowest BCUT2D eigenvalue weighted by Gasteiger charge is -2.13. The van der Waals surface area contributed by atoms with E-state index in [1.807, 2.05) is 0 Å². The van der Waals surface area contributed by atoms with Gasteiger partial charge in [-0.3, -0.25) is 9.71 Å². The predicted molar refractivity (Wildman–Crippen MR) is 75.3 cm³/mol. The maximum atomic E-state index is 13.6. The molecule has 7 heteroatoms. The van der Waals surface area contributed by atoms with E-state index in [2.05, 4.69) is 9.71 Å². The second-order valence-electron chi connectivity index (χ2n) is 4.42. The minimum Gasteiger partial charge on any atom is -0.399 e. The number of pyridine rings is 1. The highest BCUT2D eigenvalue weighted by Crippen LogP contribution is 2.25. The summed E-state index contributed by atoms with van der Waals surface area (Å²) in [6.07, 6.45) is 3.00. The summed E-state index contributed by atoms with van der Waals surface area (Å²) >= 11 is 0. The van der Waals surface area contributed by atoms with Crippen LogP contribution in [0.5, 0.6) is 0 Å². The zero-order valence-electron chi connectivity index (χ0n) is 11.0. The van der Waals surface area contributed by atoms with Gasteiger partial charge in [0.1, 0.15) is 5.82 Å². The summed E-state index contributed by atoms with van der Waals surface area (Å²) < 4.78 is 40.7. The normalized spacial score (nSPS) is 11.3. The fraction of sp³-hybridized carbons (Fsp3) is 0.154. The third kappa shape index (κ3) is 2.72. The molecule has 1 aromatic carbocycles. The van der Waals surface area contributed by atoms with Gasteiger partial charge in [0.2, 0.25) is 0 Å². The van der Waals surface area contributed by atoms with Crippen LogP contribution in [0, 0.1) is 19.7 Å². The van der Waals surface area contributed by atoms with Gasteiger partial charge in [0, 0.05) is 23.6 Å². The highest BCUT2D eigenvalue weighted by Gasteiger charge is 2.20. The molecule has 0 spiro atoms. The van der Waals surface area contributed by atoms with E-state index in [1.54, 1.807) is 6.92 Å². The summed E-state index contributed by atoms with van der Waals surface area (Å²) in [5.74, 6) is -0.656. The minimum absolute atomic E-state index is 0.0263. The van der Waals surface area contributed by atoms with E-state index in [-0.39, 0.29) is 16.1 Å². The fourth-order valence-electron chi connectivity index (χ4n) is 1.74. The first-order valence-corrected chi connectivity index (χ1v) is 7.28. The highest BCUT2D eigenvalue weighted by molar-refractivity contribution is 7.92. The Balaban J connectivity index is 2.49. The molecule has 0 aliphatic rings. The van der Waals surface area contributed by atoms with E-state index in [4.69, 9.17) is 5.73 Å². The van der Waals surface area contributed by atoms with Gasteiger partial charge >= 0.3 is 0 Å². The molecule has 0 saturated heterocycles. The largest absolute Gasteiger partial charge is 0.399 e. The van der Waals surface area contributed by atoms with Crippen molar-refractivity contribution in [2.45, 2.75) is 18.7 Å². The maximum Gasteiger partial charge on any atom is 0.262 e. The molecule has 0 saturated carbocycles. The molecule has 0 atom stereocenters. The van der Waals surface area contributed by atoms with Gasteiger partial charge in [-0.1, -0.05) is 0 Å². The Morgan fingerprint density at radius 2 is 2.00 bits per heavy atom. The number of anilines is 2. The lowest BCUT2D eigenvalue weighted by molar-refractivity contribution is 0.591. The van der Waals surface area contributed by atoms with Crippen LogP contribution in [-0.2, 0) is 10.0 Å². The first kappa shape index (κ1) is 14.3. The number of halogens is 1. The molecule has 0 unspecified atom stereocenters. The SMILES string of the molecule is Cc1cnccc1NS(=O)(=O)c1cc(N)cc(F)c1C. The van der Waals surface area contributed by atoms with Gasteiger partial charge in [-0.2, -0.15) is 0 Å². The number of aryl methyl sites for hydroxylation is 1. The number of hydrogen-bond acceptors (Lipinski definition) is 4. The first-order valence-electron chi connectivity index (χ1n) is 5.80. The molecule has 1 aromatic heterocycles. The second kappa shape index (κ2) is 5.09. The number of nitrogens with one attached hydrogen (secondary N) is 1. The standard InChI is InChI=1S/C13H14FN3O2S/c1-8-7-16-4-3-12(8)17-20(18,19)13-6-10(15)5-11(14)9(13)2/h3-7H,15H2,1-2H3,(H,16,17). The molecule has 0 bridgehead atoms. The number of rotatable bonds is 3. The summed E-state index contributed by atoms with van der Waals surface area (Å²) in [6.45, 7) is 3.11. The molecular formula is C13H14FN3O2S. The number of nitrogens with two attached hydrogens (primary N) is 1. The monoisotopic (exact) mass is 295 g/mol. The van der Waals surface area contributed by atoms with Crippen molar-refractivity contribution < 1.29 is 12.8 Å². The van der Waals surface area contributed by atoms with Crippen molar-refractivity contribution in [3.05, 3.63) is 47.5 Å². The van der Waals surface area contributed by atoms with Crippen molar-refractivity contribution in [3.8, 4) is 0 Å². The van der Waals surface area contributed by atoms with Crippen molar-refractivity contribution >= 4 is 21.4 Å². The summed E-state index contributed by atoms with van der Waals surface area (Å²) in [5, 5.41) is 0. The zero-order valence-corrected chi connectivity index (χ0v) is 11.8. The van der Waals surface area contributed by atoms with Gasteiger partial charge in [0.05, 0.1) is 10.6 Å². The molecule has 2 rings (SSSR count). The zero-order chi connectivity index (χ0) is 14.9. The van der Waals surface area contributed by atoms with Gasteiger partial charge in [-0.25, -0.2) is 12.8 Å². The molecule has 0 aliphatic carbocycles. The highest BCUT2D eigenvalue weighted by atomic mass is 32.2. The van der Waals surface area contributed by atoms with Crippen LogP contribution in [0.2, 0.25) is 0 Å².